The molecule has 1 fully saturated rings. The molecule has 0 saturated carbocycles. The van der Waals surface area contributed by atoms with E-state index in [1.807, 2.05) is 0 Å². The van der Waals surface area contributed by atoms with Gasteiger partial charge in [0.15, 0.2) is 0 Å². The van der Waals surface area contributed by atoms with Crippen LogP contribution in [-0.4, -0.2) is 61.5 Å². The van der Waals surface area contributed by atoms with Crippen molar-refractivity contribution in [1.29, 1.82) is 0 Å². The van der Waals surface area contributed by atoms with Crippen molar-refractivity contribution in [2.45, 2.75) is 45.3 Å². The lowest BCUT2D eigenvalue weighted by Crippen LogP contribution is -2.47. The summed E-state index contributed by atoms with van der Waals surface area (Å²) in [6.45, 7) is 9.38. The van der Waals surface area contributed by atoms with Gasteiger partial charge in [-0.25, -0.2) is 0 Å². The summed E-state index contributed by atoms with van der Waals surface area (Å²) >= 11 is 0. The van der Waals surface area contributed by atoms with Gasteiger partial charge in [0.25, 0.3) is 0 Å². The third kappa shape index (κ3) is 5.82. The van der Waals surface area contributed by atoms with E-state index in [-0.39, 0.29) is 12.6 Å². The molecule has 102 valence electrons. The first-order valence-corrected chi connectivity index (χ1v) is 6.98. The largest absolute Gasteiger partial charge is 0.395 e. The molecule has 2 N–H and O–H groups in total. The second-order valence-corrected chi connectivity index (χ2v) is 4.79. The van der Waals surface area contributed by atoms with Crippen LogP contribution in [0.3, 0.4) is 0 Å². The molecule has 4 heteroatoms. The van der Waals surface area contributed by atoms with Crippen molar-refractivity contribution in [3.05, 3.63) is 0 Å². The number of rotatable bonds is 8. The highest BCUT2D eigenvalue weighted by Crippen LogP contribution is 2.13. The quantitative estimate of drug-likeness (QED) is 0.664. The van der Waals surface area contributed by atoms with Gasteiger partial charge in [-0.15, -0.1) is 0 Å². The molecule has 0 aliphatic carbocycles. The van der Waals surface area contributed by atoms with Crippen LogP contribution in [0.4, 0.5) is 0 Å². The Kier molecular flexibility index (Phi) is 7.77. The summed E-state index contributed by atoms with van der Waals surface area (Å²) < 4.78 is 5.64. The van der Waals surface area contributed by atoms with Crippen molar-refractivity contribution in [2.75, 3.05) is 39.4 Å². The van der Waals surface area contributed by atoms with Crippen molar-refractivity contribution in [2.24, 2.45) is 0 Å². The fourth-order valence-corrected chi connectivity index (χ4v) is 2.34. The van der Waals surface area contributed by atoms with E-state index in [9.17, 15) is 5.11 Å². The zero-order chi connectivity index (χ0) is 12.5. The van der Waals surface area contributed by atoms with Crippen molar-refractivity contribution in [1.82, 2.24) is 10.2 Å². The molecule has 0 bridgehead atoms. The Morgan fingerprint density at radius 2 is 2.06 bits per heavy atom. The monoisotopic (exact) mass is 244 g/mol. The molecule has 1 rings (SSSR count). The zero-order valence-corrected chi connectivity index (χ0v) is 11.3. The van der Waals surface area contributed by atoms with Crippen LogP contribution in [0.5, 0.6) is 0 Å². The minimum atomic E-state index is 0.221. The normalized spacial score (nSPS) is 20.6. The van der Waals surface area contributed by atoms with E-state index in [2.05, 4.69) is 24.1 Å². The lowest BCUT2D eigenvalue weighted by atomic mass is 10.1. The van der Waals surface area contributed by atoms with Crippen LogP contribution >= 0.6 is 0 Å². The Balaban J connectivity index is 2.19. The fraction of sp³-hybridized carbons (Fsp3) is 1.00. The Morgan fingerprint density at radius 3 is 2.59 bits per heavy atom. The molecule has 1 aliphatic rings. The van der Waals surface area contributed by atoms with Crippen molar-refractivity contribution in [3.8, 4) is 0 Å². The van der Waals surface area contributed by atoms with E-state index in [1.165, 1.54) is 0 Å². The summed E-state index contributed by atoms with van der Waals surface area (Å²) in [6, 6.07) is 0.221. The summed E-state index contributed by atoms with van der Waals surface area (Å²) in [4.78, 5) is 2.43. The predicted molar refractivity (Wildman–Crippen MR) is 70.3 cm³/mol. The molecule has 1 unspecified atom stereocenters. The molecule has 0 radical (unpaired) electrons. The molecule has 4 nitrogen and oxygen atoms in total. The molecule has 0 spiro atoms. The zero-order valence-electron chi connectivity index (χ0n) is 11.3. The van der Waals surface area contributed by atoms with Gasteiger partial charge < -0.3 is 20.1 Å². The summed E-state index contributed by atoms with van der Waals surface area (Å²) in [5, 5.41) is 12.7. The topological polar surface area (TPSA) is 44.7 Å². The van der Waals surface area contributed by atoms with Gasteiger partial charge in [0.2, 0.25) is 0 Å². The maximum Gasteiger partial charge on any atom is 0.0599 e. The smallest absolute Gasteiger partial charge is 0.0599 e. The number of aliphatic hydroxyl groups excluding tert-OH is 1. The van der Waals surface area contributed by atoms with Crippen LogP contribution in [0, 0.1) is 0 Å². The number of likely N-dealkylation sites (tertiary alicyclic amines) is 1. The summed E-state index contributed by atoms with van der Waals surface area (Å²) in [7, 11) is 0. The van der Waals surface area contributed by atoms with Gasteiger partial charge in [-0.05, 0) is 32.7 Å². The van der Waals surface area contributed by atoms with E-state index < -0.39 is 0 Å². The number of piperidine rings is 1. The van der Waals surface area contributed by atoms with Gasteiger partial charge in [0, 0.05) is 32.3 Å². The highest BCUT2D eigenvalue weighted by molar-refractivity contribution is 4.77. The number of aliphatic hydroxyl groups is 1. The summed E-state index contributed by atoms with van der Waals surface area (Å²) in [6.07, 6.45) is 3.81. The lowest BCUT2D eigenvalue weighted by Gasteiger charge is -2.33. The van der Waals surface area contributed by atoms with E-state index in [0.29, 0.717) is 6.10 Å². The number of nitrogens with one attached hydrogen (secondary N) is 1. The summed E-state index contributed by atoms with van der Waals surface area (Å²) in [5.74, 6) is 0. The Hall–Kier alpha value is -0.160. The molecule has 1 heterocycles. The van der Waals surface area contributed by atoms with Gasteiger partial charge in [-0.1, -0.05) is 6.92 Å². The molecule has 1 aliphatic heterocycles. The second kappa shape index (κ2) is 8.86. The van der Waals surface area contributed by atoms with Crippen LogP contribution in [0.15, 0.2) is 0 Å². The summed E-state index contributed by atoms with van der Waals surface area (Å²) in [5.41, 5.74) is 0. The molecule has 0 aromatic heterocycles. The third-order valence-electron chi connectivity index (χ3n) is 3.32. The van der Waals surface area contributed by atoms with Crippen molar-refractivity contribution >= 4 is 0 Å². The standard InChI is InChI=1S/C13H28N2O2/c1-3-7-14-12(11-16)10-15-8-5-13(6-9-15)17-4-2/h12-14,16H,3-11H2,1-2H3. The number of ether oxygens (including phenoxy) is 1. The van der Waals surface area contributed by atoms with Crippen LogP contribution < -0.4 is 5.32 Å². The minimum absolute atomic E-state index is 0.221. The van der Waals surface area contributed by atoms with E-state index >= 15 is 0 Å². The molecule has 1 saturated heterocycles. The van der Waals surface area contributed by atoms with Gasteiger partial charge in [0.05, 0.1) is 12.7 Å². The van der Waals surface area contributed by atoms with Crippen LogP contribution in [-0.2, 0) is 4.74 Å². The van der Waals surface area contributed by atoms with Gasteiger partial charge in [0.1, 0.15) is 0 Å². The number of nitrogens with zero attached hydrogens (tertiary/aromatic N) is 1. The van der Waals surface area contributed by atoms with Gasteiger partial charge >= 0.3 is 0 Å². The SMILES string of the molecule is CCCNC(CO)CN1CCC(OCC)CC1. The Morgan fingerprint density at radius 1 is 1.35 bits per heavy atom. The Labute approximate surface area is 105 Å². The lowest BCUT2D eigenvalue weighted by molar-refractivity contribution is 0.0109. The predicted octanol–water partition coefficient (Wildman–Crippen LogP) is 0.848. The maximum absolute atomic E-state index is 9.31. The van der Waals surface area contributed by atoms with E-state index in [0.717, 1.165) is 52.0 Å². The van der Waals surface area contributed by atoms with Gasteiger partial charge in [-0.3, -0.25) is 0 Å². The molecule has 17 heavy (non-hydrogen) atoms. The van der Waals surface area contributed by atoms with E-state index in [1.54, 1.807) is 0 Å². The molecular weight excluding hydrogens is 216 g/mol. The fourth-order valence-electron chi connectivity index (χ4n) is 2.34. The van der Waals surface area contributed by atoms with E-state index in [4.69, 9.17) is 4.74 Å². The second-order valence-electron chi connectivity index (χ2n) is 4.79. The average Bonchev–Trinajstić information content (AvgIpc) is 2.37. The molecule has 0 aromatic rings. The Bertz CT molecular complexity index is 182. The van der Waals surface area contributed by atoms with Gasteiger partial charge in [-0.2, -0.15) is 0 Å². The first kappa shape index (κ1) is 14.9. The average molecular weight is 244 g/mol. The van der Waals surface area contributed by atoms with Crippen LogP contribution in [0.1, 0.15) is 33.1 Å². The minimum Gasteiger partial charge on any atom is -0.395 e. The number of hydrogen-bond acceptors (Lipinski definition) is 4. The highest BCUT2D eigenvalue weighted by atomic mass is 16.5. The van der Waals surface area contributed by atoms with Crippen LogP contribution in [0.25, 0.3) is 0 Å². The highest BCUT2D eigenvalue weighted by Gasteiger charge is 2.21. The molecule has 1 atom stereocenters. The maximum atomic E-state index is 9.31. The first-order valence-electron chi connectivity index (χ1n) is 6.98. The molecule has 0 aromatic carbocycles. The first-order chi connectivity index (χ1) is 8.30. The third-order valence-corrected chi connectivity index (χ3v) is 3.32. The molecular formula is C13H28N2O2. The van der Waals surface area contributed by atoms with Crippen molar-refractivity contribution in [3.63, 3.8) is 0 Å². The van der Waals surface area contributed by atoms with Crippen LogP contribution in [0.2, 0.25) is 0 Å². The number of hydrogen-bond donors (Lipinski definition) is 2. The molecule has 0 amide bonds. The van der Waals surface area contributed by atoms with Crippen molar-refractivity contribution < 1.29 is 9.84 Å².